The third-order valence-electron chi connectivity index (χ3n) is 2.26. The molecule has 4 nitrogen and oxygen atoms in total. The van der Waals surface area contributed by atoms with Crippen LogP contribution in [0.2, 0.25) is 5.02 Å². The van der Waals surface area contributed by atoms with Crippen molar-refractivity contribution in [3.8, 4) is 5.75 Å². The lowest BCUT2D eigenvalue weighted by molar-refractivity contribution is 0.0938. The molecule has 0 aromatic heterocycles. The molecule has 1 rings (SSSR count). The maximum absolute atomic E-state index is 8.53. The Labute approximate surface area is 106 Å². The van der Waals surface area contributed by atoms with Gasteiger partial charge in [-0.25, -0.2) is 0 Å². The van der Waals surface area contributed by atoms with Crippen LogP contribution in [0.5, 0.6) is 5.75 Å². The molecule has 0 saturated heterocycles. The summed E-state index contributed by atoms with van der Waals surface area (Å²) in [7, 11) is 1.62. The van der Waals surface area contributed by atoms with E-state index in [0.29, 0.717) is 31.3 Å². The normalized spacial score (nSPS) is 10.5. The third kappa shape index (κ3) is 4.91. The summed E-state index contributed by atoms with van der Waals surface area (Å²) in [5, 5.41) is 12.4. The first-order valence-electron chi connectivity index (χ1n) is 5.50. The van der Waals surface area contributed by atoms with E-state index in [0.717, 1.165) is 11.3 Å². The second-order valence-corrected chi connectivity index (χ2v) is 3.84. The summed E-state index contributed by atoms with van der Waals surface area (Å²) in [4.78, 5) is 0. The Hall–Kier alpha value is -0.810. The Bertz CT molecular complexity index is 334. The van der Waals surface area contributed by atoms with E-state index in [1.165, 1.54) is 0 Å². The minimum atomic E-state index is 0.0539. The number of halogens is 1. The predicted octanol–water partition coefficient (Wildman–Crippen LogP) is 1.45. The molecule has 0 aliphatic heterocycles. The number of benzene rings is 1. The van der Waals surface area contributed by atoms with Crippen LogP contribution in [-0.2, 0) is 11.3 Å². The molecule has 0 radical (unpaired) electrons. The lowest BCUT2D eigenvalue weighted by Crippen LogP contribution is -2.20. The summed E-state index contributed by atoms with van der Waals surface area (Å²) in [5.74, 6) is 0.779. The number of rotatable bonds is 8. The minimum Gasteiger partial charge on any atom is -0.496 e. The number of nitrogens with one attached hydrogen (secondary N) is 1. The van der Waals surface area contributed by atoms with Gasteiger partial charge in [0.2, 0.25) is 0 Å². The van der Waals surface area contributed by atoms with Crippen LogP contribution in [0, 0.1) is 0 Å². The largest absolute Gasteiger partial charge is 0.496 e. The molecule has 2 N–H and O–H groups in total. The molecule has 0 amide bonds. The van der Waals surface area contributed by atoms with E-state index < -0.39 is 0 Å². The summed E-state index contributed by atoms with van der Waals surface area (Å²) in [5.41, 5.74) is 0.943. The van der Waals surface area contributed by atoms with Gasteiger partial charge in [-0.15, -0.1) is 0 Å². The van der Waals surface area contributed by atoms with Crippen molar-refractivity contribution < 1.29 is 14.6 Å². The smallest absolute Gasteiger partial charge is 0.124 e. The van der Waals surface area contributed by atoms with E-state index in [9.17, 15) is 0 Å². The second-order valence-electron chi connectivity index (χ2n) is 3.43. The zero-order chi connectivity index (χ0) is 12.5. The molecular weight excluding hydrogens is 242 g/mol. The van der Waals surface area contributed by atoms with Crippen molar-refractivity contribution in [1.82, 2.24) is 5.32 Å². The van der Waals surface area contributed by atoms with Gasteiger partial charge in [-0.1, -0.05) is 17.7 Å². The molecule has 96 valence electrons. The zero-order valence-corrected chi connectivity index (χ0v) is 10.7. The average Bonchev–Trinajstić information content (AvgIpc) is 2.35. The van der Waals surface area contributed by atoms with Crippen molar-refractivity contribution in [1.29, 1.82) is 0 Å². The highest BCUT2D eigenvalue weighted by Gasteiger charge is 2.06. The van der Waals surface area contributed by atoms with Crippen molar-refractivity contribution in [2.45, 2.75) is 6.54 Å². The molecule has 0 bridgehead atoms. The van der Waals surface area contributed by atoms with E-state index >= 15 is 0 Å². The molecule has 0 atom stereocenters. The minimum absolute atomic E-state index is 0.0539. The molecule has 0 aliphatic rings. The first kappa shape index (κ1) is 14.3. The Morgan fingerprint density at radius 2 is 2.18 bits per heavy atom. The van der Waals surface area contributed by atoms with Gasteiger partial charge in [-0.3, -0.25) is 0 Å². The van der Waals surface area contributed by atoms with Crippen molar-refractivity contribution in [3.05, 3.63) is 28.8 Å². The molecule has 0 spiro atoms. The maximum Gasteiger partial charge on any atom is 0.124 e. The number of aliphatic hydroxyl groups is 1. The van der Waals surface area contributed by atoms with Gasteiger partial charge in [0.05, 0.1) is 26.9 Å². The van der Waals surface area contributed by atoms with E-state index in [2.05, 4.69) is 5.32 Å². The molecule has 17 heavy (non-hydrogen) atoms. The molecule has 0 saturated carbocycles. The Balaban J connectivity index is 2.35. The van der Waals surface area contributed by atoms with Gasteiger partial charge >= 0.3 is 0 Å². The number of aliphatic hydroxyl groups excluding tert-OH is 1. The fraction of sp³-hybridized carbons (Fsp3) is 0.500. The molecule has 1 aromatic rings. The quantitative estimate of drug-likeness (QED) is 0.694. The van der Waals surface area contributed by atoms with Crippen molar-refractivity contribution in [3.63, 3.8) is 0 Å². The highest BCUT2D eigenvalue weighted by atomic mass is 35.5. The van der Waals surface area contributed by atoms with Crippen LogP contribution >= 0.6 is 11.6 Å². The van der Waals surface area contributed by atoms with Gasteiger partial charge < -0.3 is 19.9 Å². The van der Waals surface area contributed by atoms with Gasteiger partial charge in [-0.2, -0.15) is 0 Å². The topological polar surface area (TPSA) is 50.7 Å². The highest BCUT2D eigenvalue weighted by Crippen LogP contribution is 2.25. The predicted molar refractivity (Wildman–Crippen MR) is 67.6 cm³/mol. The monoisotopic (exact) mass is 259 g/mol. The lowest BCUT2D eigenvalue weighted by atomic mass is 10.2. The number of hydrogen-bond donors (Lipinski definition) is 2. The van der Waals surface area contributed by atoms with Crippen molar-refractivity contribution in [2.75, 3.05) is 33.5 Å². The van der Waals surface area contributed by atoms with Crippen LogP contribution < -0.4 is 10.1 Å². The van der Waals surface area contributed by atoms with Crippen molar-refractivity contribution in [2.24, 2.45) is 0 Å². The highest BCUT2D eigenvalue weighted by molar-refractivity contribution is 6.31. The summed E-state index contributed by atoms with van der Waals surface area (Å²) < 4.78 is 10.4. The van der Waals surface area contributed by atoms with E-state index in [4.69, 9.17) is 26.2 Å². The van der Waals surface area contributed by atoms with Gasteiger partial charge in [0.1, 0.15) is 5.75 Å². The molecule has 5 heteroatoms. The van der Waals surface area contributed by atoms with Crippen LogP contribution in [0.25, 0.3) is 0 Å². The molecule has 0 aliphatic carbocycles. The first-order chi connectivity index (χ1) is 8.29. The van der Waals surface area contributed by atoms with Gasteiger partial charge in [-0.05, 0) is 12.1 Å². The zero-order valence-electron chi connectivity index (χ0n) is 9.91. The van der Waals surface area contributed by atoms with Crippen LogP contribution in [-0.4, -0.2) is 38.6 Å². The van der Waals surface area contributed by atoms with Crippen LogP contribution in [0.15, 0.2) is 18.2 Å². The van der Waals surface area contributed by atoms with Crippen LogP contribution in [0.3, 0.4) is 0 Å². The summed E-state index contributed by atoms with van der Waals surface area (Å²) in [6.45, 7) is 2.32. The average molecular weight is 260 g/mol. The lowest BCUT2D eigenvalue weighted by Gasteiger charge is -2.11. The molecule has 0 fully saturated rings. The van der Waals surface area contributed by atoms with Gasteiger partial charge in [0.25, 0.3) is 0 Å². The fourth-order valence-electron chi connectivity index (χ4n) is 1.43. The Morgan fingerprint density at radius 1 is 1.35 bits per heavy atom. The number of ether oxygens (including phenoxy) is 2. The van der Waals surface area contributed by atoms with E-state index in [1.54, 1.807) is 7.11 Å². The molecule has 0 unspecified atom stereocenters. The Kier molecular flexibility index (Phi) is 6.96. The molecule has 1 aromatic carbocycles. The van der Waals surface area contributed by atoms with Gasteiger partial charge in [0, 0.05) is 23.7 Å². The van der Waals surface area contributed by atoms with Crippen LogP contribution in [0.1, 0.15) is 5.56 Å². The number of hydrogen-bond acceptors (Lipinski definition) is 4. The fourth-order valence-corrected chi connectivity index (χ4v) is 1.66. The first-order valence-corrected chi connectivity index (χ1v) is 5.88. The van der Waals surface area contributed by atoms with Crippen molar-refractivity contribution >= 4 is 11.6 Å². The Morgan fingerprint density at radius 3 is 2.88 bits per heavy atom. The molecule has 0 heterocycles. The molecular formula is C12H18ClNO3. The summed E-state index contributed by atoms with van der Waals surface area (Å²) in [6, 6.07) is 5.57. The summed E-state index contributed by atoms with van der Waals surface area (Å²) in [6.07, 6.45) is 0. The summed E-state index contributed by atoms with van der Waals surface area (Å²) >= 11 is 6.09. The maximum atomic E-state index is 8.53. The second kappa shape index (κ2) is 8.31. The standard InChI is InChI=1S/C12H18ClNO3/c1-16-12-4-2-3-11(13)10(12)9-14-5-7-17-8-6-15/h2-4,14-15H,5-9H2,1H3. The van der Waals surface area contributed by atoms with Gasteiger partial charge in [0.15, 0.2) is 0 Å². The van der Waals surface area contributed by atoms with E-state index in [1.807, 2.05) is 18.2 Å². The number of methoxy groups -OCH3 is 1. The SMILES string of the molecule is COc1cccc(Cl)c1CNCCOCCO. The van der Waals surface area contributed by atoms with E-state index in [-0.39, 0.29) is 6.61 Å². The third-order valence-corrected chi connectivity index (χ3v) is 2.61. The van der Waals surface area contributed by atoms with Crippen LogP contribution in [0.4, 0.5) is 0 Å².